The van der Waals surface area contributed by atoms with Crippen LogP contribution >= 0.6 is 22.7 Å². The molecule has 28 heavy (non-hydrogen) atoms. The first-order valence-electron chi connectivity index (χ1n) is 9.03. The van der Waals surface area contributed by atoms with Crippen LogP contribution in [0.5, 0.6) is 0 Å². The van der Waals surface area contributed by atoms with Crippen LogP contribution in [-0.4, -0.2) is 11.8 Å². The quantitative estimate of drug-likeness (QED) is 0.539. The standard InChI is InChI=1S/C22H24N2O2S2/c1-11-7-20(24-22(26)18-10-14(4)28-16(18)6)12(2)8-19(11)23-21(25)17-9-13(3)27-15(17)5/h7-10H,1-6H3,(H,23,25)(H,24,26). The van der Waals surface area contributed by atoms with E-state index in [0.717, 1.165) is 42.0 Å². The van der Waals surface area contributed by atoms with E-state index >= 15 is 0 Å². The molecule has 0 aliphatic heterocycles. The summed E-state index contributed by atoms with van der Waals surface area (Å²) in [4.78, 5) is 29.5. The van der Waals surface area contributed by atoms with Crippen LogP contribution in [0, 0.1) is 41.5 Å². The number of anilines is 2. The van der Waals surface area contributed by atoms with Gasteiger partial charge in [0, 0.05) is 30.9 Å². The van der Waals surface area contributed by atoms with Gasteiger partial charge in [0.1, 0.15) is 0 Å². The van der Waals surface area contributed by atoms with Crippen LogP contribution in [0.3, 0.4) is 0 Å². The van der Waals surface area contributed by atoms with Crippen molar-refractivity contribution in [3.05, 3.63) is 66.0 Å². The molecule has 0 bridgehead atoms. The molecule has 0 saturated carbocycles. The summed E-state index contributed by atoms with van der Waals surface area (Å²) >= 11 is 3.24. The zero-order valence-electron chi connectivity index (χ0n) is 16.9. The maximum atomic E-state index is 12.6. The van der Waals surface area contributed by atoms with E-state index in [4.69, 9.17) is 0 Å². The molecular formula is C22H24N2O2S2. The molecule has 2 N–H and O–H groups in total. The van der Waals surface area contributed by atoms with E-state index in [2.05, 4.69) is 10.6 Å². The van der Waals surface area contributed by atoms with Crippen LogP contribution in [0.2, 0.25) is 0 Å². The summed E-state index contributed by atoms with van der Waals surface area (Å²) in [5, 5.41) is 6.01. The number of thiophene rings is 2. The number of hydrogen-bond donors (Lipinski definition) is 2. The van der Waals surface area contributed by atoms with Gasteiger partial charge in [-0.3, -0.25) is 9.59 Å². The zero-order chi connectivity index (χ0) is 20.6. The molecule has 4 nitrogen and oxygen atoms in total. The molecule has 0 spiro atoms. The fourth-order valence-corrected chi connectivity index (χ4v) is 5.02. The Balaban J connectivity index is 1.81. The third kappa shape index (κ3) is 4.18. The monoisotopic (exact) mass is 412 g/mol. The van der Waals surface area contributed by atoms with Crippen molar-refractivity contribution >= 4 is 45.9 Å². The van der Waals surface area contributed by atoms with E-state index in [0.29, 0.717) is 11.1 Å². The second-order valence-corrected chi connectivity index (χ2v) is 9.97. The van der Waals surface area contributed by atoms with Gasteiger partial charge >= 0.3 is 0 Å². The number of amides is 2. The van der Waals surface area contributed by atoms with Crippen molar-refractivity contribution in [3.8, 4) is 0 Å². The van der Waals surface area contributed by atoms with Crippen LogP contribution in [0.15, 0.2) is 24.3 Å². The number of nitrogens with one attached hydrogen (secondary N) is 2. The Morgan fingerprint density at radius 3 is 1.29 bits per heavy atom. The summed E-state index contributed by atoms with van der Waals surface area (Å²) in [5.41, 5.74) is 4.73. The highest BCUT2D eigenvalue weighted by Crippen LogP contribution is 2.28. The second-order valence-electron chi connectivity index (χ2n) is 7.04. The first-order chi connectivity index (χ1) is 13.2. The summed E-state index contributed by atoms with van der Waals surface area (Å²) in [6.07, 6.45) is 0. The first kappa shape index (κ1) is 20.3. The average Bonchev–Trinajstić information content (AvgIpc) is 3.12. The summed E-state index contributed by atoms with van der Waals surface area (Å²) in [7, 11) is 0. The molecule has 3 rings (SSSR count). The molecule has 0 aliphatic rings. The molecule has 146 valence electrons. The molecule has 6 heteroatoms. The number of benzene rings is 1. The van der Waals surface area contributed by atoms with Gasteiger partial charge in [-0.25, -0.2) is 0 Å². The fourth-order valence-electron chi connectivity index (χ4n) is 3.18. The van der Waals surface area contributed by atoms with Crippen molar-refractivity contribution in [2.24, 2.45) is 0 Å². The molecular weight excluding hydrogens is 388 g/mol. The van der Waals surface area contributed by atoms with Gasteiger partial charge in [0.15, 0.2) is 0 Å². The minimum Gasteiger partial charge on any atom is -0.322 e. The van der Waals surface area contributed by atoms with Crippen molar-refractivity contribution in [2.45, 2.75) is 41.5 Å². The smallest absolute Gasteiger partial charge is 0.256 e. The first-order valence-corrected chi connectivity index (χ1v) is 10.7. The number of aryl methyl sites for hydroxylation is 6. The topological polar surface area (TPSA) is 58.2 Å². The van der Waals surface area contributed by atoms with Crippen molar-refractivity contribution in [3.63, 3.8) is 0 Å². The number of rotatable bonds is 4. The maximum absolute atomic E-state index is 12.6. The highest BCUT2D eigenvalue weighted by atomic mass is 32.1. The molecule has 2 aromatic heterocycles. The SMILES string of the molecule is Cc1cc(C(=O)Nc2cc(C)c(NC(=O)c3cc(C)sc3C)cc2C)c(C)s1. The van der Waals surface area contributed by atoms with E-state index in [1.165, 1.54) is 0 Å². The third-order valence-electron chi connectivity index (χ3n) is 4.64. The highest BCUT2D eigenvalue weighted by molar-refractivity contribution is 7.12. The second kappa shape index (κ2) is 7.89. The van der Waals surface area contributed by atoms with Crippen LogP contribution in [0.4, 0.5) is 11.4 Å². The molecule has 0 aliphatic carbocycles. The van der Waals surface area contributed by atoms with Gasteiger partial charge in [-0.1, -0.05) is 0 Å². The van der Waals surface area contributed by atoms with Gasteiger partial charge < -0.3 is 10.6 Å². The largest absolute Gasteiger partial charge is 0.322 e. The van der Waals surface area contributed by atoms with Crippen LogP contribution < -0.4 is 10.6 Å². The maximum Gasteiger partial charge on any atom is 0.256 e. The minimum absolute atomic E-state index is 0.106. The molecule has 3 aromatic rings. The Morgan fingerprint density at radius 1 is 0.643 bits per heavy atom. The molecule has 0 unspecified atom stereocenters. The average molecular weight is 413 g/mol. The van der Waals surface area contributed by atoms with Gasteiger partial charge in [0.05, 0.1) is 11.1 Å². The molecule has 0 saturated heterocycles. The summed E-state index contributed by atoms with van der Waals surface area (Å²) in [5.74, 6) is -0.212. The fraction of sp³-hybridized carbons (Fsp3) is 0.273. The molecule has 2 heterocycles. The molecule has 0 fully saturated rings. The zero-order valence-corrected chi connectivity index (χ0v) is 18.6. The lowest BCUT2D eigenvalue weighted by Crippen LogP contribution is -2.15. The van der Waals surface area contributed by atoms with Gasteiger partial charge in [0.25, 0.3) is 11.8 Å². The Kier molecular flexibility index (Phi) is 5.72. The van der Waals surface area contributed by atoms with E-state index in [1.807, 2.05) is 65.8 Å². The lowest BCUT2D eigenvalue weighted by atomic mass is 10.1. The number of carbonyl (C=O) groups excluding carboxylic acids is 2. The van der Waals surface area contributed by atoms with Gasteiger partial charge in [0.2, 0.25) is 0 Å². The Bertz CT molecular complexity index is 991. The van der Waals surface area contributed by atoms with Crippen molar-refractivity contribution in [2.75, 3.05) is 10.6 Å². The number of carbonyl (C=O) groups is 2. The van der Waals surface area contributed by atoms with Gasteiger partial charge in [-0.05, 0) is 76.9 Å². The molecule has 0 atom stereocenters. The van der Waals surface area contributed by atoms with Gasteiger partial charge in [-0.15, -0.1) is 22.7 Å². The predicted octanol–water partition coefficient (Wildman–Crippen LogP) is 6.16. The molecule has 0 radical (unpaired) electrons. The van der Waals surface area contributed by atoms with Crippen molar-refractivity contribution < 1.29 is 9.59 Å². The Morgan fingerprint density at radius 2 is 1.00 bits per heavy atom. The highest BCUT2D eigenvalue weighted by Gasteiger charge is 2.16. The van der Waals surface area contributed by atoms with E-state index < -0.39 is 0 Å². The normalized spacial score (nSPS) is 10.8. The lowest BCUT2D eigenvalue weighted by molar-refractivity contribution is 0.101. The summed E-state index contributed by atoms with van der Waals surface area (Å²) in [6.45, 7) is 11.8. The Hall–Kier alpha value is -2.44. The summed E-state index contributed by atoms with van der Waals surface area (Å²) in [6, 6.07) is 7.64. The van der Waals surface area contributed by atoms with E-state index in [9.17, 15) is 9.59 Å². The van der Waals surface area contributed by atoms with E-state index in [-0.39, 0.29) is 11.8 Å². The van der Waals surface area contributed by atoms with E-state index in [1.54, 1.807) is 22.7 Å². The van der Waals surface area contributed by atoms with Crippen molar-refractivity contribution in [1.29, 1.82) is 0 Å². The van der Waals surface area contributed by atoms with Crippen LogP contribution in [0.25, 0.3) is 0 Å². The predicted molar refractivity (Wildman–Crippen MR) is 119 cm³/mol. The van der Waals surface area contributed by atoms with Crippen LogP contribution in [0.1, 0.15) is 51.4 Å². The molecule has 1 aromatic carbocycles. The summed E-state index contributed by atoms with van der Waals surface area (Å²) < 4.78 is 0. The lowest BCUT2D eigenvalue weighted by Gasteiger charge is -2.14. The van der Waals surface area contributed by atoms with Crippen LogP contribution in [-0.2, 0) is 0 Å². The van der Waals surface area contributed by atoms with Gasteiger partial charge in [-0.2, -0.15) is 0 Å². The van der Waals surface area contributed by atoms with Crippen molar-refractivity contribution in [1.82, 2.24) is 0 Å². The number of hydrogen-bond acceptors (Lipinski definition) is 4. The molecule has 2 amide bonds. The minimum atomic E-state index is -0.106. The Labute approximate surface area is 173 Å². The third-order valence-corrected chi connectivity index (χ3v) is 6.57.